The highest BCUT2D eigenvalue weighted by atomic mass is 35.5. The van der Waals surface area contributed by atoms with Gasteiger partial charge in [-0.15, -0.1) is 0 Å². The van der Waals surface area contributed by atoms with Gasteiger partial charge in [0, 0.05) is 11.4 Å². The Morgan fingerprint density at radius 3 is 2.44 bits per heavy atom. The molecule has 0 bridgehead atoms. The molecule has 1 aromatic rings. The molecule has 0 fully saturated rings. The molecule has 0 radical (unpaired) electrons. The number of hydrogen-bond acceptors (Lipinski definition) is 3. The van der Waals surface area contributed by atoms with Crippen molar-refractivity contribution in [3.63, 3.8) is 0 Å². The number of hydrogen-bond donors (Lipinski definition) is 0. The highest BCUT2D eigenvalue weighted by Gasteiger charge is 2.05. The van der Waals surface area contributed by atoms with Crippen molar-refractivity contribution in [3.05, 3.63) is 28.3 Å². The smallest absolute Gasteiger partial charge is 0.305 e. The van der Waals surface area contributed by atoms with Crippen LogP contribution in [0.3, 0.4) is 0 Å². The minimum Gasteiger partial charge on any atom is -0.494 e. The molecule has 1 aromatic carbocycles. The molecule has 0 saturated heterocycles. The quantitative estimate of drug-likeness (QED) is 0.584. The number of halogens is 1. The van der Waals surface area contributed by atoms with Gasteiger partial charge in [-0.05, 0) is 50.5 Å². The summed E-state index contributed by atoms with van der Waals surface area (Å²) in [5.74, 6) is 0.614. The third-order valence-electron chi connectivity index (χ3n) is 2.51. The van der Waals surface area contributed by atoms with Crippen molar-refractivity contribution < 1.29 is 14.3 Å². The molecule has 0 saturated carbocycles. The van der Waals surface area contributed by atoms with Gasteiger partial charge < -0.3 is 9.47 Å². The highest BCUT2D eigenvalue weighted by Crippen LogP contribution is 2.25. The number of ether oxygens (including phenoxy) is 2. The van der Waals surface area contributed by atoms with E-state index < -0.39 is 0 Å². The van der Waals surface area contributed by atoms with Crippen LogP contribution in [0.15, 0.2) is 12.1 Å². The maximum absolute atomic E-state index is 11.1. The minimum absolute atomic E-state index is 0.176. The van der Waals surface area contributed by atoms with Crippen molar-refractivity contribution >= 4 is 17.6 Å². The van der Waals surface area contributed by atoms with Crippen LogP contribution in [0, 0.1) is 13.8 Å². The fourth-order valence-corrected chi connectivity index (χ4v) is 1.74. The number of rotatable bonds is 6. The monoisotopic (exact) mass is 270 g/mol. The zero-order valence-electron chi connectivity index (χ0n) is 11.1. The lowest BCUT2D eigenvalue weighted by Gasteiger charge is -2.09. The molecule has 3 nitrogen and oxygen atoms in total. The summed E-state index contributed by atoms with van der Waals surface area (Å²) in [6.45, 7) is 6.61. The first-order valence-electron chi connectivity index (χ1n) is 6.09. The van der Waals surface area contributed by atoms with Gasteiger partial charge in [-0.3, -0.25) is 4.79 Å². The third kappa shape index (κ3) is 4.57. The van der Waals surface area contributed by atoms with Crippen molar-refractivity contribution in [2.24, 2.45) is 0 Å². The maximum atomic E-state index is 11.1. The second-order valence-electron chi connectivity index (χ2n) is 4.13. The van der Waals surface area contributed by atoms with E-state index >= 15 is 0 Å². The van der Waals surface area contributed by atoms with E-state index in [1.54, 1.807) is 6.92 Å². The molecular weight excluding hydrogens is 252 g/mol. The summed E-state index contributed by atoms with van der Waals surface area (Å²) in [5, 5.41) is 0.772. The maximum Gasteiger partial charge on any atom is 0.305 e. The van der Waals surface area contributed by atoms with Gasteiger partial charge in [-0.25, -0.2) is 0 Å². The molecule has 4 heteroatoms. The molecule has 0 N–H and O–H groups in total. The van der Waals surface area contributed by atoms with Gasteiger partial charge in [-0.2, -0.15) is 0 Å². The van der Waals surface area contributed by atoms with Crippen LogP contribution >= 0.6 is 11.6 Å². The fraction of sp³-hybridized carbons (Fsp3) is 0.500. The van der Waals surface area contributed by atoms with E-state index in [4.69, 9.17) is 21.1 Å². The number of carbonyl (C=O) groups excluding carboxylic acids is 1. The van der Waals surface area contributed by atoms with E-state index in [2.05, 4.69) is 0 Å². The van der Waals surface area contributed by atoms with Crippen LogP contribution in [-0.4, -0.2) is 19.2 Å². The highest BCUT2D eigenvalue weighted by molar-refractivity contribution is 6.32. The molecule has 100 valence electrons. The largest absolute Gasteiger partial charge is 0.494 e. The summed E-state index contributed by atoms with van der Waals surface area (Å²) in [5.41, 5.74) is 1.99. The number of esters is 1. The second-order valence-corrected chi connectivity index (χ2v) is 4.51. The predicted molar refractivity (Wildman–Crippen MR) is 72.3 cm³/mol. The molecule has 0 aliphatic rings. The van der Waals surface area contributed by atoms with Crippen molar-refractivity contribution in [2.75, 3.05) is 13.2 Å². The molecule has 0 amide bonds. The molecular formula is C14H19ClO3. The lowest BCUT2D eigenvalue weighted by atomic mass is 10.1. The number of aryl methyl sites for hydroxylation is 2. The predicted octanol–water partition coefficient (Wildman–Crippen LogP) is 3.68. The van der Waals surface area contributed by atoms with E-state index in [9.17, 15) is 4.79 Å². The van der Waals surface area contributed by atoms with Gasteiger partial charge in [0.25, 0.3) is 0 Å². The molecule has 0 aliphatic heterocycles. The van der Waals surface area contributed by atoms with Crippen LogP contribution in [0.1, 0.15) is 30.9 Å². The van der Waals surface area contributed by atoms with Gasteiger partial charge in [0.05, 0.1) is 13.2 Å². The zero-order chi connectivity index (χ0) is 13.5. The Hall–Kier alpha value is -1.22. The Morgan fingerprint density at radius 1 is 1.28 bits per heavy atom. The Bertz CT molecular complexity index is 392. The molecule has 0 heterocycles. The van der Waals surface area contributed by atoms with Crippen LogP contribution in [0.2, 0.25) is 5.02 Å². The summed E-state index contributed by atoms with van der Waals surface area (Å²) >= 11 is 6.07. The van der Waals surface area contributed by atoms with Crippen LogP contribution in [-0.2, 0) is 9.53 Å². The minimum atomic E-state index is -0.176. The van der Waals surface area contributed by atoms with Crippen molar-refractivity contribution in [1.82, 2.24) is 0 Å². The van der Waals surface area contributed by atoms with Crippen LogP contribution in [0.4, 0.5) is 0 Å². The molecule has 0 aliphatic carbocycles. The van der Waals surface area contributed by atoms with Gasteiger partial charge in [0.1, 0.15) is 5.75 Å². The van der Waals surface area contributed by atoms with Crippen molar-refractivity contribution in [3.8, 4) is 5.75 Å². The lowest BCUT2D eigenvalue weighted by molar-refractivity contribution is -0.143. The average molecular weight is 271 g/mol. The molecule has 18 heavy (non-hydrogen) atoms. The van der Waals surface area contributed by atoms with Gasteiger partial charge in [-0.1, -0.05) is 11.6 Å². The first-order valence-corrected chi connectivity index (χ1v) is 6.47. The van der Waals surface area contributed by atoms with E-state index in [1.165, 1.54) is 0 Å². The van der Waals surface area contributed by atoms with E-state index in [1.807, 2.05) is 26.0 Å². The summed E-state index contributed by atoms with van der Waals surface area (Å²) in [7, 11) is 0. The zero-order valence-corrected chi connectivity index (χ0v) is 11.8. The topological polar surface area (TPSA) is 35.5 Å². The Morgan fingerprint density at radius 2 is 1.89 bits per heavy atom. The number of carbonyl (C=O) groups is 1. The van der Waals surface area contributed by atoms with Crippen molar-refractivity contribution in [2.45, 2.75) is 33.6 Å². The van der Waals surface area contributed by atoms with Gasteiger partial charge >= 0.3 is 5.97 Å². The molecule has 0 atom stereocenters. The summed E-state index contributed by atoms with van der Waals surface area (Å²) in [6.07, 6.45) is 1.04. The van der Waals surface area contributed by atoms with Crippen LogP contribution in [0.25, 0.3) is 0 Å². The fourth-order valence-electron chi connectivity index (χ4n) is 1.63. The van der Waals surface area contributed by atoms with Gasteiger partial charge in [0.2, 0.25) is 0 Å². The summed E-state index contributed by atoms with van der Waals surface area (Å²) < 4.78 is 10.4. The second kappa shape index (κ2) is 7.27. The molecule has 0 aromatic heterocycles. The standard InChI is InChI=1S/C14H19ClO3/c1-4-17-13(16)6-5-7-18-12-8-10(2)14(15)11(3)9-12/h8-9H,4-7H2,1-3H3. The summed E-state index contributed by atoms with van der Waals surface area (Å²) in [6, 6.07) is 3.80. The lowest BCUT2D eigenvalue weighted by Crippen LogP contribution is -2.06. The van der Waals surface area contributed by atoms with E-state index in [0.29, 0.717) is 26.1 Å². The molecule has 1 rings (SSSR count). The first-order chi connectivity index (χ1) is 8.54. The molecule has 0 unspecified atom stereocenters. The summed E-state index contributed by atoms with van der Waals surface area (Å²) in [4.78, 5) is 11.1. The molecule has 0 spiro atoms. The van der Waals surface area contributed by atoms with Gasteiger partial charge in [0.15, 0.2) is 0 Å². The number of benzene rings is 1. The Balaban J connectivity index is 2.38. The normalized spacial score (nSPS) is 10.2. The van der Waals surface area contributed by atoms with Crippen LogP contribution < -0.4 is 4.74 Å². The van der Waals surface area contributed by atoms with Crippen molar-refractivity contribution in [1.29, 1.82) is 0 Å². The average Bonchev–Trinajstić information content (AvgIpc) is 2.32. The third-order valence-corrected chi connectivity index (χ3v) is 3.11. The van der Waals surface area contributed by atoms with E-state index in [-0.39, 0.29) is 5.97 Å². The Kier molecular flexibility index (Phi) is 5.99. The van der Waals surface area contributed by atoms with E-state index in [0.717, 1.165) is 21.9 Å². The first kappa shape index (κ1) is 14.8. The Labute approximate surface area is 113 Å². The van der Waals surface area contributed by atoms with Crippen LogP contribution in [0.5, 0.6) is 5.75 Å². The SMILES string of the molecule is CCOC(=O)CCCOc1cc(C)c(Cl)c(C)c1.